The van der Waals surface area contributed by atoms with E-state index in [2.05, 4.69) is 22.6 Å². The largest absolute Gasteiger partial charge is 0.417 e. The first-order valence-electron chi connectivity index (χ1n) is 15.3. The Morgan fingerprint density at radius 2 is 1.08 bits per heavy atom. The molecule has 2 aliphatic heterocycles. The van der Waals surface area contributed by atoms with Crippen LogP contribution >= 0.6 is 45.2 Å². The van der Waals surface area contributed by atoms with Gasteiger partial charge in [0.15, 0.2) is 0 Å². The third kappa shape index (κ3) is 6.21. The van der Waals surface area contributed by atoms with Gasteiger partial charge in [-0.1, -0.05) is 81.6 Å². The van der Waals surface area contributed by atoms with Crippen LogP contribution in [0.25, 0.3) is 22.3 Å². The number of alkyl halides is 8. The van der Waals surface area contributed by atoms with Gasteiger partial charge < -0.3 is 4.90 Å². The normalized spacial score (nSPS) is 16.7. The second-order valence-corrected chi connectivity index (χ2v) is 18.6. The minimum atomic E-state index is -5.13. The van der Waals surface area contributed by atoms with Gasteiger partial charge in [0.25, 0.3) is 17.7 Å². The molecule has 0 aliphatic carbocycles. The van der Waals surface area contributed by atoms with Gasteiger partial charge in [0.1, 0.15) is 0 Å². The number of fused-ring (bicyclic) bond motifs is 2. The Hall–Kier alpha value is -3.47. The van der Waals surface area contributed by atoms with E-state index in [0.29, 0.717) is 27.7 Å². The summed E-state index contributed by atoms with van der Waals surface area (Å²) in [5.41, 5.74) is -1.90. The van der Waals surface area contributed by atoms with Crippen molar-refractivity contribution < 1.29 is 40.7 Å². The molecule has 0 bridgehead atoms. The molecular formula is C37H28F6I2N2O3. The summed E-state index contributed by atoms with van der Waals surface area (Å²) in [6.07, 6.45) is -10.1. The smallest absolute Gasteiger partial charge is 0.318 e. The van der Waals surface area contributed by atoms with E-state index in [1.807, 2.05) is 49.4 Å². The molecule has 0 saturated carbocycles. The van der Waals surface area contributed by atoms with E-state index in [1.165, 1.54) is 18.2 Å². The number of hydrogen-bond donors (Lipinski definition) is 0. The first kappa shape index (κ1) is 36.3. The summed E-state index contributed by atoms with van der Waals surface area (Å²) in [6.45, 7) is 9.15. The minimum absolute atomic E-state index is 0.0450. The van der Waals surface area contributed by atoms with Crippen LogP contribution in [-0.4, -0.2) is 26.2 Å². The molecule has 0 radical (unpaired) electrons. The fourth-order valence-electron chi connectivity index (χ4n) is 6.61. The average molecular weight is 916 g/mol. The Labute approximate surface area is 311 Å². The van der Waals surface area contributed by atoms with Gasteiger partial charge in [-0.3, -0.25) is 14.4 Å². The molecule has 1 atom stereocenters. The molecule has 5 nitrogen and oxygen atoms in total. The molecule has 0 spiro atoms. The van der Waals surface area contributed by atoms with E-state index in [9.17, 15) is 40.7 Å². The van der Waals surface area contributed by atoms with Crippen LogP contribution in [0.4, 0.5) is 32.0 Å². The summed E-state index contributed by atoms with van der Waals surface area (Å²) >= 11 is 4.15. The topological polar surface area (TPSA) is 57.7 Å². The Kier molecular flexibility index (Phi) is 8.76. The zero-order valence-electron chi connectivity index (χ0n) is 27.1. The number of rotatable bonds is 5. The van der Waals surface area contributed by atoms with Crippen LogP contribution in [0.1, 0.15) is 94.0 Å². The van der Waals surface area contributed by atoms with Crippen molar-refractivity contribution in [3.63, 3.8) is 0 Å². The highest BCUT2D eigenvalue weighted by molar-refractivity contribution is 14.1. The van der Waals surface area contributed by atoms with Gasteiger partial charge in [-0.25, -0.2) is 4.90 Å². The molecule has 50 heavy (non-hydrogen) atoms. The average Bonchev–Trinajstić information content (AvgIpc) is 3.42. The van der Waals surface area contributed by atoms with Crippen LogP contribution in [0.2, 0.25) is 0 Å². The van der Waals surface area contributed by atoms with Gasteiger partial charge in [0.2, 0.25) is 0 Å². The summed E-state index contributed by atoms with van der Waals surface area (Å²) in [7, 11) is 0. The Morgan fingerprint density at radius 1 is 0.580 bits per heavy atom. The van der Waals surface area contributed by atoms with Crippen LogP contribution in [0.5, 0.6) is 0 Å². The molecule has 0 fully saturated rings. The monoisotopic (exact) mass is 916 g/mol. The lowest BCUT2D eigenvalue weighted by Gasteiger charge is -2.34. The minimum Gasteiger partial charge on any atom is -0.318 e. The lowest BCUT2D eigenvalue weighted by atomic mass is 9.90. The van der Waals surface area contributed by atoms with Crippen LogP contribution in [0.3, 0.4) is 0 Å². The molecule has 0 saturated heterocycles. The van der Waals surface area contributed by atoms with Crippen molar-refractivity contribution >= 4 is 68.6 Å². The van der Waals surface area contributed by atoms with Gasteiger partial charge in [-0.05, 0) is 104 Å². The second-order valence-electron chi connectivity index (χ2n) is 13.2. The standard InChI is InChI=1S/C37H28F6I2N2O3/c1-18-23-10-6-19(14-27(23)33(50)47(18)35(4,5)45)20-7-11-26-28(15-20)32(49)46(31(26)48)22-9-13-25(30(17-22)37(41,42)43)24-12-8-21(34(2,3)44)16-29(24)36(38,39)40/h6-18H,1-5H3. The number of amides is 3. The van der Waals surface area contributed by atoms with Gasteiger partial charge in [0, 0.05) is 8.99 Å². The molecule has 4 aromatic carbocycles. The highest BCUT2D eigenvalue weighted by atomic mass is 127. The van der Waals surface area contributed by atoms with Crippen molar-refractivity contribution in [2.24, 2.45) is 0 Å². The molecule has 1 unspecified atom stereocenters. The number of carbonyl (C=O) groups is 3. The number of anilines is 1. The van der Waals surface area contributed by atoms with Crippen molar-refractivity contribution in [1.29, 1.82) is 0 Å². The fourth-order valence-corrected chi connectivity index (χ4v) is 7.58. The maximum Gasteiger partial charge on any atom is 0.417 e. The maximum atomic E-state index is 14.5. The van der Waals surface area contributed by atoms with E-state index < -0.39 is 59.1 Å². The van der Waals surface area contributed by atoms with Crippen LogP contribution in [0, 0.1) is 0 Å². The molecule has 0 aromatic heterocycles. The number of carbonyl (C=O) groups excluding carboxylic acids is 3. The number of imide groups is 1. The highest BCUT2D eigenvalue weighted by Crippen LogP contribution is 2.47. The predicted molar refractivity (Wildman–Crippen MR) is 195 cm³/mol. The van der Waals surface area contributed by atoms with Crippen molar-refractivity contribution in [1.82, 2.24) is 4.90 Å². The lowest BCUT2D eigenvalue weighted by Crippen LogP contribution is -2.40. The maximum absolute atomic E-state index is 14.5. The SMILES string of the molecule is CC1c2ccc(-c3ccc4c(c3)C(=O)N(c3ccc(-c5ccc(C(C)(C)I)cc5C(F)(F)F)c(C(F)(F)F)c3)C4=O)cc2C(=O)N1C(C)(C)I. The third-order valence-electron chi connectivity index (χ3n) is 9.00. The lowest BCUT2D eigenvalue weighted by molar-refractivity contribution is -0.139. The number of benzene rings is 4. The molecule has 3 amide bonds. The van der Waals surface area contributed by atoms with Crippen LogP contribution in [-0.2, 0) is 15.8 Å². The molecule has 2 heterocycles. The van der Waals surface area contributed by atoms with Gasteiger partial charge in [-0.2, -0.15) is 26.3 Å². The van der Waals surface area contributed by atoms with E-state index in [1.54, 1.807) is 36.9 Å². The van der Waals surface area contributed by atoms with Crippen LogP contribution in [0.15, 0.2) is 72.8 Å². The molecule has 13 heteroatoms. The van der Waals surface area contributed by atoms with Crippen molar-refractivity contribution in [3.05, 3.63) is 112 Å². The highest BCUT2D eigenvalue weighted by Gasteiger charge is 2.43. The number of halogens is 8. The zero-order valence-corrected chi connectivity index (χ0v) is 31.5. The summed E-state index contributed by atoms with van der Waals surface area (Å²) in [5.74, 6) is -1.91. The van der Waals surface area contributed by atoms with E-state index in [-0.39, 0.29) is 28.6 Å². The van der Waals surface area contributed by atoms with Crippen molar-refractivity contribution in [3.8, 4) is 22.3 Å². The molecule has 4 aromatic rings. The molecule has 6 rings (SSSR count). The van der Waals surface area contributed by atoms with Crippen molar-refractivity contribution in [2.45, 2.75) is 60.0 Å². The first-order chi connectivity index (χ1) is 23.0. The fraction of sp³-hybridized carbons (Fsp3) is 0.270. The van der Waals surface area contributed by atoms with Crippen molar-refractivity contribution in [2.75, 3.05) is 4.90 Å². The summed E-state index contributed by atoms with van der Waals surface area (Å²) < 4.78 is 85.1. The number of hydrogen-bond acceptors (Lipinski definition) is 3. The zero-order chi connectivity index (χ0) is 36.9. The Balaban J connectivity index is 1.39. The van der Waals surface area contributed by atoms with Gasteiger partial charge >= 0.3 is 12.4 Å². The summed E-state index contributed by atoms with van der Waals surface area (Å²) in [6, 6.07) is 15.2. The summed E-state index contributed by atoms with van der Waals surface area (Å²) in [5, 5.41) is 0. The first-order valence-corrected chi connectivity index (χ1v) is 17.5. The number of nitrogens with zero attached hydrogens (tertiary/aromatic N) is 2. The van der Waals surface area contributed by atoms with E-state index in [0.717, 1.165) is 29.8 Å². The Bertz CT molecular complexity index is 2110. The van der Waals surface area contributed by atoms with E-state index in [4.69, 9.17) is 0 Å². The molecule has 0 N–H and O–H groups in total. The Morgan fingerprint density at radius 3 is 1.64 bits per heavy atom. The second kappa shape index (κ2) is 12.1. The van der Waals surface area contributed by atoms with Crippen LogP contribution < -0.4 is 4.90 Å². The van der Waals surface area contributed by atoms with E-state index >= 15 is 0 Å². The molecular weight excluding hydrogens is 888 g/mol. The van der Waals surface area contributed by atoms with Gasteiger partial charge in [0.05, 0.1) is 37.5 Å². The quantitative estimate of drug-likeness (QED) is 0.0659. The third-order valence-corrected chi connectivity index (χ3v) is 10.1. The molecule has 260 valence electrons. The summed E-state index contributed by atoms with van der Waals surface area (Å²) in [4.78, 5) is 42.8. The van der Waals surface area contributed by atoms with Gasteiger partial charge in [-0.15, -0.1) is 0 Å². The molecule has 2 aliphatic rings. The predicted octanol–water partition coefficient (Wildman–Crippen LogP) is 11.2.